The fraction of sp³-hybridized carbons (Fsp3) is 0.520. The van der Waals surface area contributed by atoms with Crippen molar-refractivity contribution >= 4 is 23.4 Å². The van der Waals surface area contributed by atoms with Gasteiger partial charge in [-0.3, -0.25) is 0 Å². The number of rotatable bonds is 7. The second kappa shape index (κ2) is 8.42. The van der Waals surface area contributed by atoms with E-state index in [0.717, 1.165) is 47.0 Å². The highest BCUT2D eigenvalue weighted by Crippen LogP contribution is 2.53. The van der Waals surface area contributed by atoms with Gasteiger partial charge in [-0.1, -0.05) is 41.9 Å². The number of nitrogens with one attached hydrogen (secondary N) is 1. The molecular weight excluding hydrogens is 382 g/mol. The lowest BCUT2D eigenvalue weighted by atomic mass is 9.54. The molecule has 0 saturated heterocycles. The molecule has 0 aromatic heterocycles. The van der Waals surface area contributed by atoms with Gasteiger partial charge in [0.15, 0.2) is 0 Å². The molecule has 4 aliphatic rings. The van der Waals surface area contributed by atoms with Crippen molar-refractivity contribution in [1.29, 1.82) is 0 Å². The third-order valence-corrected chi connectivity index (χ3v) is 8.61. The molecule has 1 nitrogen and oxygen atoms in total. The number of benzene rings is 2. The van der Waals surface area contributed by atoms with E-state index in [9.17, 15) is 0 Å². The van der Waals surface area contributed by atoms with Gasteiger partial charge >= 0.3 is 0 Å². The third-order valence-electron chi connectivity index (χ3n) is 7.21. The van der Waals surface area contributed by atoms with Gasteiger partial charge in [0.25, 0.3) is 0 Å². The summed E-state index contributed by atoms with van der Waals surface area (Å²) >= 11 is 8.24. The summed E-state index contributed by atoms with van der Waals surface area (Å²) in [5, 5.41) is 4.78. The Labute approximate surface area is 178 Å². The molecule has 4 saturated carbocycles. The first-order valence-electron chi connectivity index (χ1n) is 11.0. The average Bonchev–Trinajstić information content (AvgIpc) is 2.70. The summed E-state index contributed by atoms with van der Waals surface area (Å²) in [6.45, 7) is 1.16. The van der Waals surface area contributed by atoms with Gasteiger partial charge < -0.3 is 5.32 Å². The molecule has 4 aliphatic carbocycles. The number of hydrogen-bond donors (Lipinski definition) is 1. The van der Waals surface area contributed by atoms with Crippen molar-refractivity contribution < 1.29 is 0 Å². The van der Waals surface area contributed by atoms with E-state index in [-0.39, 0.29) is 0 Å². The Morgan fingerprint density at radius 1 is 0.893 bits per heavy atom. The van der Waals surface area contributed by atoms with E-state index in [1.807, 2.05) is 17.8 Å². The van der Waals surface area contributed by atoms with Gasteiger partial charge in [-0.25, -0.2) is 0 Å². The van der Waals surface area contributed by atoms with Gasteiger partial charge in [0.2, 0.25) is 0 Å². The van der Waals surface area contributed by atoms with E-state index < -0.39 is 0 Å². The molecule has 0 atom stereocenters. The van der Waals surface area contributed by atoms with Crippen LogP contribution in [-0.4, -0.2) is 18.3 Å². The molecule has 0 spiro atoms. The number of hydrogen-bond acceptors (Lipinski definition) is 2. The van der Waals surface area contributed by atoms with Crippen LogP contribution in [0.15, 0.2) is 53.4 Å². The molecule has 3 heteroatoms. The van der Waals surface area contributed by atoms with Crippen LogP contribution in [0.1, 0.15) is 38.5 Å². The topological polar surface area (TPSA) is 12.0 Å². The Balaban J connectivity index is 1.14. The van der Waals surface area contributed by atoms with Crippen molar-refractivity contribution in [3.63, 3.8) is 0 Å². The molecule has 2 aromatic carbocycles. The molecule has 0 heterocycles. The van der Waals surface area contributed by atoms with Crippen LogP contribution >= 0.6 is 23.4 Å². The van der Waals surface area contributed by atoms with Crippen molar-refractivity contribution in [2.75, 3.05) is 12.3 Å². The lowest BCUT2D eigenvalue weighted by molar-refractivity contribution is -0.0134. The van der Waals surface area contributed by atoms with Gasteiger partial charge in [-0.2, -0.15) is 0 Å². The highest BCUT2D eigenvalue weighted by atomic mass is 35.5. The Morgan fingerprint density at radius 2 is 1.61 bits per heavy atom. The molecule has 0 amide bonds. The van der Waals surface area contributed by atoms with Crippen LogP contribution in [0.25, 0.3) is 11.1 Å². The van der Waals surface area contributed by atoms with Crippen LogP contribution < -0.4 is 5.32 Å². The minimum Gasteiger partial charge on any atom is -0.313 e. The average molecular weight is 412 g/mol. The molecule has 4 bridgehead atoms. The van der Waals surface area contributed by atoms with Gasteiger partial charge in [-0.05, 0) is 104 Å². The summed E-state index contributed by atoms with van der Waals surface area (Å²) in [6, 6.07) is 17.7. The quantitative estimate of drug-likeness (QED) is 0.392. The molecule has 2 aromatic rings. The van der Waals surface area contributed by atoms with Gasteiger partial charge in [0, 0.05) is 16.0 Å². The van der Waals surface area contributed by atoms with E-state index in [1.54, 1.807) is 6.42 Å². The second-order valence-corrected chi connectivity index (χ2v) is 10.7. The second-order valence-electron chi connectivity index (χ2n) is 9.12. The van der Waals surface area contributed by atoms with Crippen molar-refractivity contribution in [1.82, 2.24) is 5.32 Å². The highest BCUT2D eigenvalue weighted by molar-refractivity contribution is 7.99. The fourth-order valence-corrected chi connectivity index (χ4v) is 7.43. The largest absolute Gasteiger partial charge is 0.313 e. The number of thioether (sulfide) groups is 1. The molecule has 4 fully saturated rings. The van der Waals surface area contributed by atoms with Crippen LogP contribution in [-0.2, 0) is 0 Å². The van der Waals surface area contributed by atoms with E-state index >= 15 is 0 Å². The maximum atomic E-state index is 6.28. The van der Waals surface area contributed by atoms with Crippen molar-refractivity contribution in [2.24, 2.45) is 23.7 Å². The van der Waals surface area contributed by atoms with Gasteiger partial charge in [0.1, 0.15) is 0 Å². The Kier molecular flexibility index (Phi) is 5.72. The molecule has 0 unspecified atom stereocenters. The highest BCUT2D eigenvalue weighted by Gasteiger charge is 2.47. The normalized spacial score (nSPS) is 30.7. The summed E-state index contributed by atoms with van der Waals surface area (Å²) in [7, 11) is 0. The minimum absolute atomic E-state index is 0.812. The molecule has 148 valence electrons. The first-order valence-corrected chi connectivity index (χ1v) is 12.3. The van der Waals surface area contributed by atoms with Crippen molar-refractivity contribution in [3.05, 3.63) is 53.6 Å². The summed E-state index contributed by atoms with van der Waals surface area (Å²) < 4.78 is 0. The lowest BCUT2D eigenvalue weighted by Gasteiger charge is -2.54. The molecule has 28 heavy (non-hydrogen) atoms. The van der Waals surface area contributed by atoms with Crippen LogP contribution in [0.5, 0.6) is 0 Å². The first kappa shape index (κ1) is 19.0. The molecule has 1 N–H and O–H groups in total. The summed E-state index contributed by atoms with van der Waals surface area (Å²) in [4.78, 5) is 1.34. The van der Waals surface area contributed by atoms with Crippen LogP contribution in [0.3, 0.4) is 0 Å². The lowest BCUT2D eigenvalue weighted by Crippen LogP contribution is -2.54. The Hall–Kier alpha value is -0.960. The van der Waals surface area contributed by atoms with E-state index in [2.05, 4.69) is 47.8 Å². The van der Waals surface area contributed by atoms with E-state index in [1.165, 1.54) is 48.1 Å². The number of halogens is 1. The monoisotopic (exact) mass is 411 g/mol. The molecule has 6 rings (SSSR count). The van der Waals surface area contributed by atoms with Gasteiger partial charge in [0.05, 0.1) is 0 Å². The van der Waals surface area contributed by atoms with Crippen LogP contribution in [0.2, 0.25) is 5.02 Å². The summed E-state index contributed by atoms with van der Waals surface area (Å²) in [5.41, 5.74) is 2.51. The molecule has 0 aliphatic heterocycles. The van der Waals surface area contributed by atoms with E-state index in [4.69, 9.17) is 11.6 Å². The fourth-order valence-electron chi connectivity index (χ4n) is 6.25. The maximum Gasteiger partial charge on any atom is 0.0412 e. The SMILES string of the molecule is Clc1ccc(SCCCNC2C3CC4CC(C3)CC2C4)c(-c2ccccc2)c1. The predicted octanol–water partition coefficient (Wildman–Crippen LogP) is 6.90. The molecule has 0 radical (unpaired) electrons. The van der Waals surface area contributed by atoms with Crippen molar-refractivity contribution in [3.8, 4) is 11.1 Å². The molecular formula is C25H30ClNS. The third kappa shape index (κ3) is 4.01. The minimum atomic E-state index is 0.812. The van der Waals surface area contributed by atoms with E-state index in [0.29, 0.717) is 0 Å². The maximum absolute atomic E-state index is 6.28. The predicted molar refractivity (Wildman–Crippen MR) is 121 cm³/mol. The van der Waals surface area contributed by atoms with Crippen LogP contribution in [0.4, 0.5) is 0 Å². The van der Waals surface area contributed by atoms with Gasteiger partial charge in [-0.15, -0.1) is 11.8 Å². The summed E-state index contributed by atoms with van der Waals surface area (Å²) in [6.07, 6.45) is 8.79. The van der Waals surface area contributed by atoms with Crippen molar-refractivity contribution in [2.45, 2.75) is 49.5 Å². The zero-order chi connectivity index (χ0) is 18.9. The van der Waals surface area contributed by atoms with Crippen LogP contribution in [0, 0.1) is 23.7 Å². The zero-order valence-electron chi connectivity index (χ0n) is 16.4. The Morgan fingerprint density at radius 3 is 2.32 bits per heavy atom. The smallest absolute Gasteiger partial charge is 0.0412 e. The zero-order valence-corrected chi connectivity index (χ0v) is 18.0. The first-order chi connectivity index (χ1) is 13.8. The summed E-state index contributed by atoms with van der Waals surface area (Å²) in [5.74, 6) is 5.24. The standard InChI is InChI=1S/C25H30ClNS/c26-22-7-8-24(23(16-22)19-5-2-1-3-6-19)28-10-4-9-27-25-20-12-17-11-18(14-20)15-21(25)13-17/h1-3,5-8,16-18,20-21,25,27H,4,9-15H2. The Bertz CT molecular complexity index is 777.